The predicted octanol–water partition coefficient (Wildman–Crippen LogP) is 2.32. The number of piperidine rings is 1. The molecule has 0 radical (unpaired) electrons. The zero-order valence-electron chi connectivity index (χ0n) is 11.8. The van der Waals surface area contributed by atoms with E-state index in [0.29, 0.717) is 13.1 Å². The van der Waals surface area contributed by atoms with Crippen molar-refractivity contribution in [1.29, 1.82) is 0 Å². The van der Waals surface area contributed by atoms with Crippen molar-refractivity contribution in [2.24, 2.45) is 5.92 Å². The van der Waals surface area contributed by atoms with Crippen molar-refractivity contribution in [2.75, 3.05) is 26.0 Å². The fraction of sp³-hybridized carbons (Fsp3) is 0.533. The monoisotopic (exact) mass is 294 g/mol. The average molecular weight is 294 g/mol. The van der Waals surface area contributed by atoms with Gasteiger partial charge in [0.2, 0.25) is 0 Å². The van der Waals surface area contributed by atoms with Gasteiger partial charge < -0.3 is 15.3 Å². The smallest absolute Gasteiger partial charge is 0.317 e. The van der Waals surface area contributed by atoms with E-state index < -0.39 is 0 Å². The van der Waals surface area contributed by atoms with Crippen LogP contribution in [0.5, 0.6) is 0 Å². The Kier molecular flexibility index (Phi) is 5.73. The molecular formula is C15H22N2O2S. The Morgan fingerprint density at radius 2 is 2.20 bits per heavy atom. The van der Waals surface area contributed by atoms with Crippen molar-refractivity contribution in [3.8, 4) is 0 Å². The van der Waals surface area contributed by atoms with Crippen LogP contribution in [0.2, 0.25) is 0 Å². The van der Waals surface area contributed by atoms with Crippen molar-refractivity contribution in [3.63, 3.8) is 0 Å². The fourth-order valence-electron chi connectivity index (χ4n) is 2.43. The van der Waals surface area contributed by atoms with Gasteiger partial charge in [-0.05, 0) is 42.7 Å². The van der Waals surface area contributed by atoms with Crippen molar-refractivity contribution in [1.82, 2.24) is 10.2 Å². The van der Waals surface area contributed by atoms with Crippen LogP contribution < -0.4 is 5.32 Å². The first-order valence-electron chi connectivity index (χ1n) is 6.99. The van der Waals surface area contributed by atoms with Gasteiger partial charge in [-0.25, -0.2) is 4.79 Å². The maximum Gasteiger partial charge on any atom is 0.317 e. The summed E-state index contributed by atoms with van der Waals surface area (Å²) >= 11 is 1.71. The SMILES string of the molecule is CSc1ccc(CNC(=O)N2CCC[C@H](CO)C2)cc1. The third-order valence-electron chi connectivity index (χ3n) is 3.67. The van der Waals surface area contributed by atoms with Crippen LogP contribution in [0, 0.1) is 5.92 Å². The first-order valence-corrected chi connectivity index (χ1v) is 8.22. The number of amides is 2. The number of carbonyl (C=O) groups is 1. The van der Waals surface area contributed by atoms with Crippen molar-refractivity contribution in [3.05, 3.63) is 29.8 Å². The number of carbonyl (C=O) groups excluding carboxylic acids is 1. The van der Waals surface area contributed by atoms with Gasteiger partial charge in [0, 0.05) is 31.1 Å². The maximum absolute atomic E-state index is 12.1. The van der Waals surface area contributed by atoms with E-state index in [1.54, 1.807) is 16.7 Å². The summed E-state index contributed by atoms with van der Waals surface area (Å²) in [6.45, 7) is 2.16. The molecule has 0 spiro atoms. The number of nitrogens with zero attached hydrogens (tertiary/aromatic N) is 1. The zero-order chi connectivity index (χ0) is 14.4. The molecule has 0 bridgehead atoms. The molecule has 1 atom stereocenters. The van der Waals surface area contributed by atoms with Gasteiger partial charge in [0.1, 0.15) is 0 Å². The molecule has 110 valence electrons. The largest absolute Gasteiger partial charge is 0.396 e. The Labute approximate surface area is 124 Å². The molecule has 1 fully saturated rings. The number of hydrogen-bond acceptors (Lipinski definition) is 3. The van der Waals surface area contributed by atoms with E-state index in [0.717, 1.165) is 24.9 Å². The molecule has 1 aliphatic rings. The number of benzene rings is 1. The molecule has 1 saturated heterocycles. The molecule has 2 rings (SSSR count). The Hall–Kier alpha value is -1.20. The second-order valence-corrected chi connectivity index (χ2v) is 6.02. The fourth-order valence-corrected chi connectivity index (χ4v) is 2.84. The molecule has 0 saturated carbocycles. The second-order valence-electron chi connectivity index (χ2n) is 5.14. The number of urea groups is 1. The minimum atomic E-state index is -0.0305. The minimum absolute atomic E-state index is 0.0305. The highest BCUT2D eigenvalue weighted by atomic mass is 32.2. The van der Waals surface area contributed by atoms with E-state index in [1.165, 1.54) is 4.90 Å². The van der Waals surface area contributed by atoms with Gasteiger partial charge in [0.15, 0.2) is 0 Å². The minimum Gasteiger partial charge on any atom is -0.396 e. The summed E-state index contributed by atoms with van der Waals surface area (Å²) in [4.78, 5) is 15.1. The Morgan fingerprint density at radius 3 is 2.85 bits per heavy atom. The number of rotatable bonds is 4. The van der Waals surface area contributed by atoms with Gasteiger partial charge in [-0.3, -0.25) is 0 Å². The van der Waals surface area contributed by atoms with Gasteiger partial charge in [-0.1, -0.05) is 12.1 Å². The summed E-state index contributed by atoms with van der Waals surface area (Å²) < 4.78 is 0. The number of likely N-dealkylation sites (tertiary alicyclic amines) is 1. The van der Waals surface area contributed by atoms with Crippen LogP contribution in [0.3, 0.4) is 0 Å². The van der Waals surface area contributed by atoms with E-state index in [4.69, 9.17) is 0 Å². The summed E-state index contributed by atoms with van der Waals surface area (Å²) in [5.41, 5.74) is 1.10. The van der Waals surface area contributed by atoms with Gasteiger partial charge in [0.25, 0.3) is 0 Å². The van der Waals surface area contributed by atoms with E-state index >= 15 is 0 Å². The van der Waals surface area contributed by atoms with Crippen LogP contribution in [0.15, 0.2) is 29.2 Å². The quantitative estimate of drug-likeness (QED) is 0.838. The summed E-state index contributed by atoms with van der Waals surface area (Å²) in [7, 11) is 0. The lowest BCUT2D eigenvalue weighted by atomic mass is 9.99. The lowest BCUT2D eigenvalue weighted by molar-refractivity contribution is 0.129. The lowest BCUT2D eigenvalue weighted by Gasteiger charge is -2.31. The molecule has 2 N–H and O–H groups in total. The van der Waals surface area contributed by atoms with Crippen LogP contribution in [-0.2, 0) is 6.54 Å². The predicted molar refractivity (Wildman–Crippen MR) is 81.8 cm³/mol. The first-order chi connectivity index (χ1) is 9.72. The number of hydrogen-bond donors (Lipinski definition) is 2. The van der Waals surface area contributed by atoms with Gasteiger partial charge in [0.05, 0.1) is 0 Å². The summed E-state index contributed by atoms with van der Waals surface area (Å²) in [5.74, 6) is 0.232. The molecule has 4 nitrogen and oxygen atoms in total. The van der Waals surface area contributed by atoms with Gasteiger partial charge in [-0.15, -0.1) is 11.8 Å². The molecule has 1 aromatic carbocycles. The Balaban J connectivity index is 1.81. The number of nitrogens with one attached hydrogen (secondary N) is 1. The van der Waals surface area contributed by atoms with Crippen molar-refractivity contribution >= 4 is 17.8 Å². The highest BCUT2D eigenvalue weighted by molar-refractivity contribution is 7.98. The second kappa shape index (κ2) is 7.55. The van der Waals surface area contributed by atoms with Crippen molar-refractivity contribution < 1.29 is 9.90 Å². The lowest BCUT2D eigenvalue weighted by Crippen LogP contribution is -2.45. The van der Waals surface area contributed by atoms with Crippen LogP contribution in [0.25, 0.3) is 0 Å². The molecule has 1 aromatic rings. The first kappa shape index (κ1) is 15.2. The summed E-state index contributed by atoms with van der Waals surface area (Å²) in [6.07, 6.45) is 4.03. The summed E-state index contributed by atoms with van der Waals surface area (Å²) in [6, 6.07) is 8.18. The third-order valence-corrected chi connectivity index (χ3v) is 4.41. The molecule has 5 heteroatoms. The Bertz CT molecular complexity index is 436. The number of aliphatic hydroxyl groups is 1. The van der Waals surface area contributed by atoms with Gasteiger partial charge >= 0.3 is 6.03 Å². The normalized spacial score (nSPS) is 18.9. The van der Waals surface area contributed by atoms with Gasteiger partial charge in [-0.2, -0.15) is 0 Å². The molecule has 1 heterocycles. The average Bonchev–Trinajstić information content (AvgIpc) is 2.53. The van der Waals surface area contributed by atoms with E-state index in [9.17, 15) is 9.90 Å². The highest BCUT2D eigenvalue weighted by Gasteiger charge is 2.22. The number of aliphatic hydroxyl groups excluding tert-OH is 1. The summed E-state index contributed by atoms with van der Waals surface area (Å²) in [5, 5.41) is 12.1. The highest BCUT2D eigenvalue weighted by Crippen LogP contribution is 2.16. The molecule has 1 aliphatic heterocycles. The van der Waals surface area contributed by atoms with E-state index in [1.807, 2.05) is 18.4 Å². The molecule has 2 amide bonds. The standard InChI is InChI=1S/C15H22N2O2S/c1-20-14-6-4-12(5-7-14)9-16-15(19)17-8-2-3-13(10-17)11-18/h4-7,13,18H,2-3,8-11H2,1H3,(H,16,19)/t13-/m0/s1. The molecule has 0 aromatic heterocycles. The Morgan fingerprint density at radius 1 is 1.45 bits per heavy atom. The molecule has 0 aliphatic carbocycles. The van der Waals surface area contributed by atoms with Crippen molar-refractivity contribution in [2.45, 2.75) is 24.3 Å². The number of thioether (sulfide) groups is 1. The van der Waals surface area contributed by atoms with E-state index in [2.05, 4.69) is 17.4 Å². The van der Waals surface area contributed by atoms with Crippen LogP contribution >= 0.6 is 11.8 Å². The van der Waals surface area contributed by atoms with Crippen LogP contribution in [0.4, 0.5) is 4.79 Å². The van der Waals surface area contributed by atoms with E-state index in [-0.39, 0.29) is 18.6 Å². The zero-order valence-corrected chi connectivity index (χ0v) is 12.7. The molecule has 0 unspecified atom stereocenters. The maximum atomic E-state index is 12.1. The van der Waals surface area contributed by atoms with Crippen LogP contribution in [-0.4, -0.2) is 42.0 Å². The topological polar surface area (TPSA) is 52.6 Å². The third kappa shape index (κ3) is 4.15. The molecule has 20 heavy (non-hydrogen) atoms. The molecular weight excluding hydrogens is 272 g/mol. The van der Waals surface area contributed by atoms with Crippen LogP contribution in [0.1, 0.15) is 18.4 Å².